The van der Waals surface area contributed by atoms with Crippen LogP contribution in [0.15, 0.2) is 30.7 Å². The minimum atomic E-state index is -4.62. The topological polar surface area (TPSA) is 108 Å². The Morgan fingerprint density at radius 2 is 1.97 bits per heavy atom. The molecule has 174 valence electrons. The number of hydrogen-bond acceptors (Lipinski definition) is 5. The smallest absolute Gasteiger partial charge is 0.371 e. The van der Waals surface area contributed by atoms with Gasteiger partial charge in [0.2, 0.25) is 5.91 Å². The van der Waals surface area contributed by atoms with Crippen molar-refractivity contribution in [1.29, 1.82) is 5.26 Å². The zero-order valence-corrected chi connectivity index (χ0v) is 18.0. The molecular weight excluding hydrogens is 437 g/mol. The van der Waals surface area contributed by atoms with Crippen LogP contribution in [0.2, 0.25) is 0 Å². The summed E-state index contributed by atoms with van der Waals surface area (Å²) < 4.78 is 41.6. The molecule has 1 spiro atoms. The van der Waals surface area contributed by atoms with Crippen LogP contribution < -0.4 is 10.6 Å². The Balaban J connectivity index is 1.52. The van der Waals surface area contributed by atoms with Crippen LogP contribution in [0.1, 0.15) is 40.9 Å². The van der Waals surface area contributed by atoms with Crippen molar-refractivity contribution in [2.45, 2.75) is 31.5 Å². The number of imidazole rings is 1. The van der Waals surface area contributed by atoms with E-state index >= 15 is 0 Å². The highest BCUT2D eigenvalue weighted by molar-refractivity contribution is 5.96. The highest BCUT2D eigenvalue weighted by Crippen LogP contribution is 2.45. The summed E-state index contributed by atoms with van der Waals surface area (Å²) in [5.74, 6) is -0.897. The molecule has 2 aliphatic heterocycles. The fourth-order valence-electron chi connectivity index (χ4n) is 4.90. The largest absolute Gasteiger partial charge is 0.417 e. The Hall–Kier alpha value is -3.55. The molecule has 1 unspecified atom stereocenters. The summed E-state index contributed by atoms with van der Waals surface area (Å²) in [6.07, 6.45) is -0.0762. The van der Waals surface area contributed by atoms with Gasteiger partial charge in [-0.2, -0.15) is 18.4 Å². The van der Waals surface area contributed by atoms with Gasteiger partial charge in [0, 0.05) is 32.4 Å². The second-order valence-corrected chi connectivity index (χ2v) is 8.77. The van der Waals surface area contributed by atoms with Gasteiger partial charge in [-0.3, -0.25) is 9.59 Å². The summed E-state index contributed by atoms with van der Waals surface area (Å²) in [6, 6.07) is 4.57. The number of nitriles is 1. The number of piperidine rings is 1. The number of hydrogen-bond donors (Lipinski definition) is 1. The number of alkyl halides is 3. The van der Waals surface area contributed by atoms with Gasteiger partial charge in [0.05, 0.1) is 29.7 Å². The van der Waals surface area contributed by atoms with Gasteiger partial charge in [0.25, 0.3) is 5.91 Å². The summed E-state index contributed by atoms with van der Waals surface area (Å²) >= 11 is 0. The Kier molecular flexibility index (Phi) is 5.56. The van der Waals surface area contributed by atoms with Crippen molar-refractivity contribution in [3.63, 3.8) is 0 Å². The third kappa shape index (κ3) is 4.13. The number of aryl methyl sites for hydroxylation is 1. The number of rotatable bonds is 3. The second kappa shape index (κ2) is 8.10. The standard InChI is InChI=1S/C22H23F3N6O2/c1-29-13-28-11-18(29)20(33)31-12-21(9-17(31)19(27)32)4-6-30(7-5-21)15-3-2-14(10-26)16(8-15)22(23,24)25/h2-3,8,11,13,17H,4-7,9,12H2,1H3,(H2,27,32). The maximum atomic E-state index is 13.3. The molecule has 8 nitrogen and oxygen atoms in total. The lowest BCUT2D eigenvalue weighted by Crippen LogP contribution is -2.44. The Labute approximate surface area is 188 Å². The predicted molar refractivity (Wildman–Crippen MR) is 112 cm³/mol. The molecule has 0 radical (unpaired) electrons. The molecular formula is C22H23F3N6O2. The summed E-state index contributed by atoms with van der Waals surface area (Å²) in [5.41, 5.74) is 4.65. The lowest BCUT2D eigenvalue weighted by Gasteiger charge is -2.40. The Morgan fingerprint density at radius 1 is 1.27 bits per heavy atom. The molecule has 0 saturated carbocycles. The normalized spacial score (nSPS) is 20.2. The van der Waals surface area contributed by atoms with Gasteiger partial charge in [-0.25, -0.2) is 4.98 Å². The highest BCUT2D eigenvalue weighted by Gasteiger charge is 2.49. The molecule has 4 rings (SSSR count). The molecule has 1 atom stereocenters. The number of nitrogens with zero attached hydrogens (tertiary/aromatic N) is 5. The molecule has 2 fully saturated rings. The number of aromatic nitrogens is 2. The first kappa shape index (κ1) is 22.6. The molecule has 2 aliphatic rings. The first-order chi connectivity index (χ1) is 15.5. The maximum absolute atomic E-state index is 13.3. The first-order valence-electron chi connectivity index (χ1n) is 10.5. The molecule has 2 N–H and O–H groups in total. The number of anilines is 1. The third-order valence-electron chi connectivity index (χ3n) is 6.75. The van der Waals surface area contributed by atoms with E-state index in [1.807, 2.05) is 4.90 Å². The molecule has 33 heavy (non-hydrogen) atoms. The molecule has 0 bridgehead atoms. The van der Waals surface area contributed by atoms with Crippen LogP contribution in [0.5, 0.6) is 0 Å². The van der Waals surface area contributed by atoms with E-state index in [1.54, 1.807) is 17.7 Å². The van der Waals surface area contributed by atoms with E-state index in [-0.39, 0.29) is 11.3 Å². The Morgan fingerprint density at radius 3 is 2.52 bits per heavy atom. The zero-order chi connectivity index (χ0) is 24.0. The van der Waals surface area contributed by atoms with E-state index < -0.39 is 29.3 Å². The highest BCUT2D eigenvalue weighted by atomic mass is 19.4. The van der Waals surface area contributed by atoms with Gasteiger partial charge >= 0.3 is 6.18 Å². The number of amides is 2. The average Bonchev–Trinajstić information content (AvgIpc) is 3.37. The molecule has 2 amide bonds. The number of carbonyl (C=O) groups excluding carboxylic acids is 2. The van der Waals surface area contributed by atoms with Crippen molar-refractivity contribution >= 4 is 17.5 Å². The summed E-state index contributed by atoms with van der Waals surface area (Å²) in [7, 11) is 1.69. The first-order valence-corrected chi connectivity index (χ1v) is 10.5. The van der Waals surface area contributed by atoms with Gasteiger partial charge in [0.15, 0.2) is 0 Å². The van der Waals surface area contributed by atoms with Crippen molar-refractivity contribution in [3.8, 4) is 6.07 Å². The van der Waals surface area contributed by atoms with Crippen LogP contribution in [0.4, 0.5) is 18.9 Å². The minimum absolute atomic E-state index is 0.319. The van der Waals surface area contributed by atoms with Crippen molar-refractivity contribution in [3.05, 3.63) is 47.5 Å². The minimum Gasteiger partial charge on any atom is -0.371 e. The van der Waals surface area contributed by atoms with Crippen LogP contribution in [-0.4, -0.2) is 51.9 Å². The monoisotopic (exact) mass is 460 g/mol. The van der Waals surface area contributed by atoms with E-state index in [0.717, 1.165) is 6.07 Å². The number of nitrogens with two attached hydrogens (primary N) is 1. The number of primary amides is 1. The number of halogens is 3. The van der Waals surface area contributed by atoms with E-state index in [9.17, 15) is 22.8 Å². The van der Waals surface area contributed by atoms with Crippen molar-refractivity contribution in [1.82, 2.24) is 14.5 Å². The summed E-state index contributed by atoms with van der Waals surface area (Å²) in [6.45, 7) is 1.27. The van der Waals surface area contributed by atoms with Crippen LogP contribution in [0, 0.1) is 16.7 Å². The van der Waals surface area contributed by atoms with Crippen LogP contribution in [0.25, 0.3) is 0 Å². The Bertz CT molecular complexity index is 1130. The molecule has 1 aromatic carbocycles. The predicted octanol–water partition coefficient (Wildman–Crippen LogP) is 2.30. The van der Waals surface area contributed by atoms with E-state index in [4.69, 9.17) is 11.0 Å². The zero-order valence-electron chi connectivity index (χ0n) is 18.0. The fraction of sp³-hybridized carbons (Fsp3) is 0.455. The maximum Gasteiger partial charge on any atom is 0.417 e. The van der Waals surface area contributed by atoms with Crippen LogP contribution >= 0.6 is 0 Å². The van der Waals surface area contributed by atoms with Gasteiger partial charge in [0.1, 0.15) is 11.7 Å². The molecule has 11 heteroatoms. The summed E-state index contributed by atoms with van der Waals surface area (Å²) in [4.78, 5) is 32.5. The van der Waals surface area contributed by atoms with Gasteiger partial charge < -0.3 is 20.1 Å². The molecule has 2 saturated heterocycles. The average molecular weight is 460 g/mol. The molecule has 0 aliphatic carbocycles. The van der Waals surface area contributed by atoms with E-state index in [2.05, 4.69) is 4.98 Å². The van der Waals surface area contributed by atoms with Gasteiger partial charge in [-0.1, -0.05) is 0 Å². The number of likely N-dealkylation sites (tertiary alicyclic amines) is 1. The van der Waals surface area contributed by atoms with Crippen molar-refractivity contribution in [2.24, 2.45) is 18.2 Å². The van der Waals surface area contributed by atoms with Crippen molar-refractivity contribution in [2.75, 3.05) is 24.5 Å². The molecule has 3 heterocycles. The van der Waals surface area contributed by atoms with Crippen molar-refractivity contribution < 1.29 is 22.8 Å². The SMILES string of the molecule is Cn1cncc1C(=O)N1CC2(CCN(c3ccc(C#N)c(C(F)(F)F)c3)CC2)CC1C(N)=O. The van der Waals surface area contributed by atoms with Gasteiger partial charge in [-0.05, 0) is 42.9 Å². The van der Waals surface area contributed by atoms with Crippen LogP contribution in [-0.2, 0) is 18.0 Å². The van der Waals surface area contributed by atoms with Crippen LogP contribution in [0.3, 0.4) is 0 Å². The number of carbonyl (C=O) groups is 2. The lowest BCUT2D eigenvalue weighted by atomic mass is 9.76. The summed E-state index contributed by atoms with van der Waals surface area (Å²) in [5, 5.41) is 9.01. The quantitative estimate of drug-likeness (QED) is 0.756. The van der Waals surface area contributed by atoms with E-state index in [0.29, 0.717) is 50.3 Å². The third-order valence-corrected chi connectivity index (χ3v) is 6.75. The molecule has 2 aromatic rings. The lowest BCUT2D eigenvalue weighted by molar-refractivity contribution is -0.137. The van der Waals surface area contributed by atoms with Gasteiger partial charge in [-0.15, -0.1) is 0 Å². The molecule has 1 aromatic heterocycles. The fourth-order valence-corrected chi connectivity index (χ4v) is 4.90. The van der Waals surface area contributed by atoms with E-state index in [1.165, 1.54) is 29.6 Å². The number of benzene rings is 1. The second-order valence-electron chi connectivity index (χ2n) is 8.77.